The number of likely N-dealkylation sites (N-methyl/N-ethyl adjacent to an activating group) is 1. The number of ether oxygens (including phenoxy) is 1. The van der Waals surface area contributed by atoms with Crippen LogP contribution in [0.2, 0.25) is 0 Å². The maximum absolute atomic E-state index is 12.1. The van der Waals surface area contributed by atoms with Crippen molar-refractivity contribution in [1.82, 2.24) is 15.2 Å². The molecule has 1 amide bonds. The van der Waals surface area contributed by atoms with Gasteiger partial charge in [0.2, 0.25) is 5.91 Å². The largest absolute Gasteiger partial charge is 0.378 e. The number of amides is 1. The molecule has 0 aliphatic carbocycles. The number of carbonyl (C=O) groups excluding carboxylic acids is 1. The first-order chi connectivity index (χ1) is 9.76. The van der Waals surface area contributed by atoms with Gasteiger partial charge in [0.15, 0.2) is 0 Å². The monoisotopic (exact) mass is 279 g/mol. The number of nitrogens with one attached hydrogen (secondary N) is 2. The highest BCUT2D eigenvalue weighted by atomic mass is 16.5. The lowest BCUT2D eigenvalue weighted by Crippen LogP contribution is -2.53. The van der Waals surface area contributed by atoms with Gasteiger partial charge >= 0.3 is 0 Å². The first-order valence-electron chi connectivity index (χ1n) is 6.76. The van der Waals surface area contributed by atoms with Crippen LogP contribution in [0.25, 0.3) is 0 Å². The number of pyridine rings is 1. The van der Waals surface area contributed by atoms with E-state index < -0.39 is 0 Å². The van der Waals surface area contributed by atoms with Crippen molar-refractivity contribution >= 4 is 11.7 Å². The number of aromatic nitrogens is 1. The number of rotatable bonds is 5. The zero-order valence-corrected chi connectivity index (χ0v) is 11.6. The molecule has 0 aromatic carbocycles. The molecule has 0 bridgehead atoms. The van der Waals surface area contributed by atoms with E-state index in [1.165, 1.54) is 0 Å². The molecule has 1 aliphatic rings. The van der Waals surface area contributed by atoms with E-state index in [9.17, 15) is 4.79 Å². The minimum atomic E-state index is -0.269. The Labute approximate surface area is 118 Å². The van der Waals surface area contributed by atoms with Crippen LogP contribution in [0.5, 0.6) is 0 Å². The SMILES string of the molecule is CCNC(=O)C1COCCN1Cc1cccnc1NN. The van der Waals surface area contributed by atoms with Gasteiger partial charge in [0.1, 0.15) is 11.9 Å². The van der Waals surface area contributed by atoms with Gasteiger partial charge in [-0.25, -0.2) is 10.8 Å². The van der Waals surface area contributed by atoms with E-state index in [-0.39, 0.29) is 11.9 Å². The molecule has 2 heterocycles. The third-order valence-corrected chi connectivity index (χ3v) is 3.29. The topological polar surface area (TPSA) is 92.5 Å². The zero-order valence-electron chi connectivity index (χ0n) is 11.6. The second kappa shape index (κ2) is 7.18. The van der Waals surface area contributed by atoms with Crippen LogP contribution in [-0.4, -0.2) is 48.1 Å². The predicted molar refractivity (Wildman–Crippen MR) is 75.7 cm³/mol. The lowest BCUT2D eigenvalue weighted by atomic mass is 10.1. The van der Waals surface area contributed by atoms with Gasteiger partial charge in [0.05, 0.1) is 13.2 Å². The quantitative estimate of drug-likeness (QED) is 0.506. The summed E-state index contributed by atoms with van der Waals surface area (Å²) < 4.78 is 5.42. The number of nitrogen functional groups attached to an aromatic ring is 1. The van der Waals surface area contributed by atoms with Gasteiger partial charge in [0.25, 0.3) is 0 Å². The lowest BCUT2D eigenvalue weighted by Gasteiger charge is -2.34. The van der Waals surface area contributed by atoms with Crippen LogP contribution in [-0.2, 0) is 16.1 Å². The van der Waals surface area contributed by atoms with E-state index in [0.717, 1.165) is 5.56 Å². The van der Waals surface area contributed by atoms with E-state index in [1.807, 2.05) is 19.1 Å². The average Bonchev–Trinajstić information content (AvgIpc) is 2.48. The van der Waals surface area contributed by atoms with Crippen LogP contribution in [0.4, 0.5) is 5.82 Å². The van der Waals surface area contributed by atoms with Crippen molar-refractivity contribution in [3.63, 3.8) is 0 Å². The van der Waals surface area contributed by atoms with Gasteiger partial charge in [-0.05, 0) is 13.0 Å². The van der Waals surface area contributed by atoms with Crippen molar-refractivity contribution in [2.45, 2.75) is 19.5 Å². The van der Waals surface area contributed by atoms with Gasteiger partial charge in [-0.3, -0.25) is 9.69 Å². The minimum Gasteiger partial charge on any atom is -0.378 e. The summed E-state index contributed by atoms with van der Waals surface area (Å²) in [6.45, 7) is 4.88. The van der Waals surface area contributed by atoms with Crippen LogP contribution in [0.1, 0.15) is 12.5 Å². The molecule has 2 rings (SSSR count). The molecule has 1 saturated heterocycles. The van der Waals surface area contributed by atoms with Crippen molar-refractivity contribution in [2.75, 3.05) is 31.7 Å². The number of nitrogens with two attached hydrogens (primary N) is 1. The molecule has 0 saturated carbocycles. The Morgan fingerprint density at radius 3 is 3.25 bits per heavy atom. The van der Waals surface area contributed by atoms with E-state index in [0.29, 0.717) is 38.7 Å². The molecule has 0 spiro atoms. The van der Waals surface area contributed by atoms with E-state index in [1.54, 1.807) is 6.20 Å². The van der Waals surface area contributed by atoms with E-state index >= 15 is 0 Å². The predicted octanol–water partition coefficient (Wildman–Crippen LogP) is -0.296. The summed E-state index contributed by atoms with van der Waals surface area (Å²) in [7, 11) is 0. The summed E-state index contributed by atoms with van der Waals surface area (Å²) in [5, 5.41) is 2.84. The third-order valence-electron chi connectivity index (χ3n) is 3.29. The number of hydrogen-bond donors (Lipinski definition) is 3. The van der Waals surface area contributed by atoms with E-state index in [2.05, 4.69) is 20.6 Å². The highest BCUT2D eigenvalue weighted by molar-refractivity contribution is 5.82. The average molecular weight is 279 g/mol. The zero-order chi connectivity index (χ0) is 14.4. The molecule has 1 aromatic heterocycles. The molecule has 0 radical (unpaired) electrons. The molecular weight excluding hydrogens is 258 g/mol. The van der Waals surface area contributed by atoms with Gasteiger partial charge < -0.3 is 15.5 Å². The Morgan fingerprint density at radius 2 is 2.50 bits per heavy atom. The molecular formula is C13H21N5O2. The van der Waals surface area contributed by atoms with Crippen molar-refractivity contribution in [3.8, 4) is 0 Å². The summed E-state index contributed by atoms with van der Waals surface area (Å²) in [5.74, 6) is 6.09. The summed E-state index contributed by atoms with van der Waals surface area (Å²) in [6.07, 6.45) is 1.68. The molecule has 110 valence electrons. The lowest BCUT2D eigenvalue weighted by molar-refractivity contribution is -0.132. The second-order valence-corrected chi connectivity index (χ2v) is 4.61. The highest BCUT2D eigenvalue weighted by Crippen LogP contribution is 2.17. The smallest absolute Gasteiger partial charge is 0.239 e. The Bertz CT molecular complexity index is 454. The van der Waals surface area contributed by atoms with Crippen LogP contribution in [0, 0.1) is 0 Å². The number of carbonyl (C=O) groups is 1. The maximum atomic E-state index is 12.1. The van der Waals surface area contributed by atoms with Gasteiger partial charge in [-0.15, -0.1) is 0 Å². The fourth-order valence-corrected chi connectivity index (χ4v) is 2.28. The van der Waals surface area contributed by atoms with Crippen molar-refractivity contribution in [2.24, 2.45) is 5.84 Å². The maximum Gasteiger partial charge on any atom is 0.239 e. The summed E-state index contributed by atoms with van der Waals surface area (Å²) in [5.41, 5.74) is 3.55. The number of hydrogen-bond acceptors (Lipinski definition) is 6. The molecule has 1 unspecified atom stereocenters. The molecule has 20 heavy (non-hydrogen) atoms. The van der Waals surface area contributed by atoms with Crippen LogP contribution >= 0.6 is 0 Å². The minimum absolute atomic E-state index is 0.00153. The fraction of sp³-hybridized carbons (Fsp3) is 0.538. The summed E-state index contributed by atoms with van der Waals surface area (Å²) in [6, 6.07) is 3.54. The Hall–Kier alpha value is -1.70. The second-order valence-electron chi connectivity index (χ2n) is 4.61. The third kappa shape index (κ3) is 3.44. The highest BCUT2D eigenvalue weighted by Gasteiger charge is 2.29. The molecule has 7 heteroatoms. The first kappa shape index (κ1) is 14.7. The van der Waals surface area contributed by atoms with Crippen LogP contribution in [0.3, 0.4) is 0 Å². The Morgan fingerprint density at radius 1 is 1.65 bits per heavy atom. The first-order valence-corrected chi connectivity index (χ1v) is 6.76. The molecule has 1 fully saturated rings. The van der Waals surface area contributed by atoms with Gasteiger partial charge in [-0.1, -0.05) is 6.07 Å². The standard InChI is InChI=1S/C13H21N5O2/c1-2-15-13(19)11-9-20-7-6-18(11)8-10-4-3-5-16-12(10)17-14/h3-5,11H,2,6-9,14H2,1H3,(H,15,19)(H,16,17). The molecule has 1 aromatic rings. The number of hydrazine groups is 1. The molecule has 1 aliphatic heterocycles. The number of nitrogens with zero attached hydrogens (tertiary/aromatic N) is 2. The van der Waals surface area contributed by atoms with Crippen LogP contribution in [0.15, 0.2) is 18.3 Å². The van der Waals surface area contributed by atoms with Gasteiger partial charge in [0, 0.05) is 31.4 Å². The number of anilines is 1. The van der Waals surface area contributed by atoms with Crippen molar-refractivity contribution in [1.29, 1.82) is 0 Å². The van der Waals surface area contributed by atoms with Gasteiger partial charge in [-0.2, -0.15) is 0 Å². The summed E-state index contributed by atoms with van der Waals surface area (Å²) in [4.78, 5) is 18.3. The normalized spacial score (nSPS) is 19.6. The Balaban J connectivity index is 2.10. The van der Waals surface area contributed by atoms with Crippen molar-refractivity contribution < 1.29 is 9.53 Å². The molecule has 4 N–H and O–H groups in total. The van der Waals surface area contributed by atoms with Crippen molar-refractivity contribution in [3.05, 3.63) is 23.9 Å². The number of morpholine rings is 1. The fourth-order valence-electron chi connectivity index (χ4n) is 2.28. The molecule has 7 nitrogen and oxygen atoms in total. The Kier molecular flexibility index (Phi) is 5.28. The summed E-state index contributed by atoms with van der Waals surface area (Å²) >= 11 is 0. The van der Waals surface area contributed by atoms with Crippen LogP contribution < -0.4 is 16.6 Å². The van der Waals surface area contributed by atoms with E-state index in [4.69, 9.17) is 10.6 Å². The molecule has 1 atom stereocenters.